The first kappa shape index (κ1) is 10.4. The Balaban J connectivity index is 4.25. The number of hydrogen-bond donors (Lipinski definition) is 1. The van der Waals surface area contributed by atoms with Gasteiger partial charge in [0.15, 0.2) is 5.60 Å². The Morgan fingerprint density at radius 3 is 1.64 bits per heavy atom. The summed E-state index contributed by atoms with van der Waals surface area (Å²) in [5.74, 6) is -0.938. The summed E-state index contributed by atoms with van der Waals surface area (Å²) >= 11 is 0. The first-order valence-corrected chi connectivity index (χ1v) is 3.59. The zero-order valence-electron chi connectivity index (χ0n) is 7.76. The highest BCUT2D eigenvalue weighted by Crippen LogP contribution is 2.19. The fraction of sp³-hybridized carbons (Fsp3) is 0.875. The molecule has 0 aliphatic rings. The van der Waals surface area contributed by atoms with E-state index in [1.165, 1.54) is 0 Å². The Kier molecular flexibility index (Phi) is 2.67. The van der Waals surface area contributed by atoms with Crippen molar-refractivity contribution in [2.24, 2.45) is 0 Å². The van der Waals surface area contributed by atoms with Gasteiger partial charge < -0.3 is 9.84 Å². The molecular weight excluding hydrogens is 144 g/mol. The number of carbonyl (C=O) groups is 1. The highest BCUT2D eigenvalue weighted by molar-refractivity contribution is 5.76. The average Bonchev–Trinajstić information content (AvgIpc) is 1.56. The van der Waals surface area contributed by atoms with E-state index in [1.807, 2.05) is 20.8 Å². The van der Waals surface area contributed by atoms with Crippen LogP contribution in [0.1, 0.15) is 34.6 Å². The summed E-state index contributed by atoms with van der Waals surface area (Å²) in [7, 11) is 0. The molecule has 0 aromatic carbocycles. The summed E-state index contributed by atoms with van der Waals surface area (Å²) in [6.07, 6.45) is 0. The molecule has 0 amide bonds. The normalized spacial score (nSPS) is 13.2. The van der Waals surface area contributed by atoms with Crippen molar-refractivity contribution in [2.45, 2.75) is 45.8 Å². The zero-order valence-corrected chi connectivity index (χ0v) is 7.76. The number of aliphatic carboxylic acids is 1. The number of carboxylic acid groups (broad SMARTS) is 1. The molecule has 0 heterocycles. The van der Waals surface area contributed by atoms with Gasteiger partial charge in [0.05, 0.1) is 5.60 Å². The standard InChI is InChI=1S/C8H16O3/c1-7(2,3)11-8(4,5)6(9)10/h1-5H3,(H,9,10). The largest absolute Gasteiger partial charge is 0.479 e. The summed E-state index contributed by atoms with van der Waals surface area (Å²) in [6, 6.07) is 0. The van der Waals surface area contributed by atoms with E-state index in [2.05, 4.69) is 0 Å². The first-order chi connectivity index (χ1) is 4.65. The summed E-state index contributed by atoms with van der Waals surface area (Å²) in [5, 5.41) is 8.68. The Bertz CT molecular complexity index is 153. The molecule has 0 spiro atoms. The van der Waals surface area contributed by atoms with Crippen LogP contribution in [-0.2, 0) is 9.53 Å². The van der Waals surface area contributed by atoms with Gasteiger partial charge in [-0.25, -0.2) is 4.79 Å². The second kappa shape index (κ2) is 2.81. The minimum absolute atomic E-state index is 0.415. The van der Waals surface area contributed by atoms with Gasteiger partial charge in [0.2, 0.25) is 0 Å². The van der Waals surface area contributed by atoms with Crippen molar-refractivity contribution < 1.29 is 14.6 Å². The molecule has 0 aromatic rings. The minimum Gasteiger partial charge on any atom is -0.479 e. The fourth-order valence-electron chi connectivity index (χ4n) is 0.809. The van der Waals surface area contributed by atoms with Crippen molar-refractivity contribution >= 4 is 5.97 Å². The Morgan fingerprint density at radius 1 is 1.18 bits per heavy atom. The summed E-state index contributed by atoms with van der Waals surface area (Å²) in [6.45, 7) is 8.58. The second-order valence-electron chi connectivity index (χ2n) is 4.03. The molecule has 0 saturated heterocycles. The quantitative estimate of drug-likeness (QED) is 0.668. The molecule has 0 aliphatic heterocycles. The van der Waals surface area contributed by atoms with Crippen LogP contribution in [0.4, 0.5) is 0 Å². The average molecular weight is 160 g/mol. The molecule has 3 heteroatoms. The fourth-order valence-corrected chi connectivity index (χ4v) is 0.809. The van der Waals surface area contributed by atoms with E-state index in [4.69, 9.17) is 9.84 Å². The molecule has 3 nitrogen and oxygen atoms in total. The van der Waals surface area contributed by atoms with Crippen LogP contribution in [0.5, 0.6) is 0 Å². The molecule has 0 aromatic heterocycles. The molecule has 66 valence electrons. The molecule has 1 N–H and O–H groups in total. The number of carboxylic acids is 1. The third-order valence-corrected chi connectivity index (χ3v) is 1.08. The van der Waals surface area contributed by atoms with Crippen molar-refractivity contribution in [3.63, 3.8) is 0 Å². The Hall–Kier alpha value is -0.570. The van der Waals surface area contributed by atoms with E-state index >= 15 is 0 Å². The summed E-state index contributed by atoms with van der Waals surface area (Å²) in [4.78, 5) is 10.6. The molecular formula is C8H16O3. The van der Waals surface area contributed by atoms with Crippen LogP contribution in [0.3, 0.4) is 0 Å². The lowest BCUT2D eigenvalue weighted by atomic mass is 10.1. The predicted octanol–water partition coefficient (Wildman–Crippen LogP) is 1.66. The second-order valence-corrected chi connectivity index (χ2v) is 4.03. The van der Waals surface area contributed by atoms with Crippen molar-refractivity contribution in [1.29, 1.82) is 0 Å². The molecule has 0 aliphatic carbocycles. The van der Waals surface area contributed by atoms with Crippen molar-refractivity contribution in [2.75, 3.05) is 0 Å². The molecule has 0 bridgehead atoms. The van der Waals surface area contributed by atoms with Gasteiger partial charge in [-0.15, -0.1) is 0 Å². The molecule has 11 heavy (non-hydrogen) atoms. The molecule has 0 fully saturated rings. The molecule has 0 atom stereocenters. The van der Waals surface area contributed by atoms with Crippen molar-refractivity contribution in [1.82, 2.24) is 0 Å². The van der Waals surface area contributed by atoms with Gasteiger partial charge in [0, 0.05) is 0 Å². The van der Waals surface area contributed by atoms with E-state index < -0.39 is 17.2 Å². The summed E-state index contributed by atoms with van der Waals surface area (Å²) < 4.78 is 5.29. The van der Waals surface area contributed by atoms with Crippen molar-refractivity contribution in [3.8, 4) is 0 Å². The van der Waals surface area contributed by atoms with Crippen LogP contribution < -0.4 is 0 Å². The van der Waals surface area contributed by atoms with E-state index in [0.717, 1.165) is 0 Å². The summed E-state index contributed by atoms with van der Waals surface area (Å²) in [5.41, 5.74) is -1.51. The maximum absolute atomic E-state index is 10.6. The lowest BCUT2D eigenvalue weighted by Crippen LogP contribution is -2.41. The van der Waals surface area contributed by atoms with E-state index in [0.29, 0.717) is 0 Å². The molecule has 0 rings (SSSR count). The third kappa shape index (κ3) is 3.98. The van der Waals surface area contributed by atoms with E-state index in [1.54, 1.807) is 13.8 Å². The highest BCUT2D eigenvalue weighted by atomic mass is 16.5. The van der Waals surface area contributed by atoms with E-state index in [-0.39, 0.29) is 0 Å². The smallest absolute Gasteiger partial charge is 0.335 e. The van der Waals surface area contributed by atoms with Gasteiger partial charge in [-0.3, -0.25) is 0 Å². The van der Waals surface area contributed by atoms with Gasteiger partial charge in [-0.2, -0.15) is 0 Å². The third-order valence-electron chi connectivity index (χ3n) is 1.08. The maximum Gasteiger partial charge on any atom is 0.335 e. The van der Waals surface area contributed by atoms with Crippen LogP contribution in [0, 0.1) is 0 Å². The molecule has 0 saturated carbocycles. The van der Waals surface area contributed by atoms with Gasteiger partial charge in [0.25, 0.3) is 0 Å². The lowest BCUT2D eigenvalue weighted by molar-refractivity contribution is -0.176. The monoisotopic (exact) mass is 160 g/mol. The van der Waals surface area contributed by atoms with Crippen LogP contribution in [-0.4, -0.2) is 22.3 Å². The lowest BCUT2D eigenvalue weighted by Gasteiger charge is -2.30. The van der Waals surface area contributed by atoms with Crippen LogP contribution in [0.25, 0.3) is 0 Å². The Morgan fingerprint density at radius 2 is 1.55 bits per heavy atom. The van der Waals surface area contributed by atoms with Gasteiger partial charge >= 0.3 is 5.97 Å². The predicted molar refractivity (Wildman–Crippen MR) is 42.6 cm³/mol. The zero-order chi connectivity index (χ0) is 9.28. The number of hydrogen-bond acceptors (Lipinski definition) is 2. The van der Waals surface area contributed by atoms with Crippen LogP contribution in [0.15, 0.2) is 0 Å². The van der Waals surface area contributed by atoms with Crippen molar-refractivity contribution in [3.05, 3.63) is 0 Å². The van der Waals surface area contributed by atoms with Gasteiger partial charge in [-0.05, 0) is 34.6 Å². The van der Waals surface area contributed by atoms with Crippen LogP contribution >= 0.6 is 0 Å². The van der Waals surface area contributed by atoms with E-state index in [9.17, 15) is 4.79 Å². The number of rotatable bonds is 2. The Labute approximate surface area is 67.4 Å². The highest BCUT2D eigenvalue weighted by Gasteiger charge is 2.32. The SMILES string of the molecule is CC(C)(C)OC(C)(C)C(=O)O. The maximum atomic E-state index is 10.6. The minimum atomic E-state index is -1.10. The van der Waals surface area contributed by atoms with Crippen LogP contribution in [0.2, 0.25) is 0 Å². The molecule has 0 unspecified atom stereocenters. The van der Waals surface area contributed by atoms with Gasteiger partial charge in [-0.1, -0.05) is 0 Å². The number of ether oxygens (including phenoxy) is 1. The first-order valence-electron chi connectivity index (χ1n) is 3.59. The topological polar surface area (TPSA) is 46.5 Å². The molecule has 0 radical (unpaired) electrons. The van der Waals surface area contributed by atoms with Gasteiger partial charge in [0.1, 0.15) is 0 Å².